The lowest BCUT2D eigenvalue weighted by Gasteiger charge is -2.03. The Kier molecular flexibility index (Phi) is 3.77. The van der Waals surface area contributed by atoms with Crippen LogP contribution in [-0.2, 0) is 6.61 Å². The number of hydrogen-bond donors (Lipinski definition) is 0. The largest absolute Gasteiger partial charge is 0.486 e. The summed E-state index contributed by atoms with van der Waals surface area (Å²) in [6.45, 7) is 0.583. The molecular weight excluding hydrogens is 342 g/mol. The van der Waals surface area contributed by atoms with Crippen molar-refractivity contribution < 1.29 is 4.74 Å². The summed E-state index contributed by atoms with van der Waals surface area (Å²) in [6.07, 6.45) is 1.70. The average molecular weight is 349 g/mol. The molecule has 0 aliphatic heterocycles. The van der Waals surface area contributed by atoms with E-state index in [1.54, 1.807) is 17.5 Å². The Morgan fingerprint density at radius 3 is 2.67 bits per heavy atom. The fourth-order valence-electron chi connectivity index (χ4n) is 1.03. The second-order valence-corrected chi connectivity index (χ2v) is 6.17. The molecule has 0 unspecified atom stereocenters. The topological polar surface area (TPSA) is 22.1 Å². The van der Waals surface area contributed by atoms with Gasteiger partial charge in [-0.15, -0.1) is 11.3 Å². The fourth-order valence-corrected chi connectivity index (χ4v) is 2.66. The molecule has 0 aromatic carbocycles. The van der Waals surface area contributed by atoms with Gasteiger partial charge >= 0.3 is 0 Å². The van der Waals surface area contributed by atoms with Crippen molar-refractivity contribution in [2.24, 2.45) is 0 Å². The third kappa shape index (κ3) is 3.29. The van der Waals surface area contributed by atoms with Crippen LogP contribution < -0.4 is 4.74 Å². The van der Waals surface area contributed by atoms with E-state index in [1.807, 2.05) is 24.3 Å². The van der Waals surface area contributed by atoms with Crippen LogP contribution in [0.5, 0.6) is 5.75 Å². The van der Waals surface area contributed by atoms with Gasteiger partial charge in [-0.25, -0.2) is 4.98 Å². The van der Waals surface area contributed by atoms with Gasteiger partial charge in [-0.2, -0.15) is 0 Å². The molecule has 0 fully saturated rings. The van der Waals surface area contributed by atoms with E-state index in [-0.39, 0.29) is 0 Å². The number of halogens is 2. The van der Waals surface area contributed by atoms with Gasteiger partial charge in [0.1, 0.15) is 17.0 Å². The summed E-state index contributed by atoms with van der Waals surface area (Å²) in [6, 6.07) is 7.81. The predicted octanol–water partition coefficient (Wildman–Crippen LogP) is 4.25. The molecule has 15 heavy (non-hydrogen) atoms. The number of ether oxygens (including phenoxy) is 1. The Morgan fingerprint density at radius 2 is 2.07 bits per heavy atom. The minimum Gasteiger partial charge on any atom is -0.486 e. The summed E-state index contributed by atoms with van der Waals surface area (Å²) in [5, 5.41) is 0. The summed E-state index contributed by atoms with van der Waals surface area (Å²) >= 11 is 8.36. The highest BCUT2D eigenvalue weighted by Gasteiger charge is 1.99. The first-order valence-electron chi connectivity index (χ1n) is 4.22. The molecule has 0 atom stereocenters. The zero-order chi connectivity index (χ0) is 10.7. The molecule has 0 N–H and O–H groups in total. The monoisotopic (exact) mass is 347 g/mol. The Morgan fingerprint density at radius 1 is 1.20 bits per heavy atom. The Labute approximate surface area is 109 Å². The minimum absolute atomic E-state index is 0.583. The van der Waals surface area contributed by atoms with Crippen LogP contribution in [0.15, 0.2) is 38.9 Å². The van der Waals surface area contributed by atoms with E-state index in [0.717, 1.165) is 14.1 Å². The normalized spacial score (nSPS) is 10.3. The van der Waals surface area contributed by atoms with Gasteiger partial charge in [-0.3, -0.25) is 0 Å². The Hall–Kier alpha value is -0.390. The van der Waals surface area contributed by atoms with E-state index in [0.29, 0.717) is 6.61 Å². The SMILES string of the molecule is Brc1ccc(OCc2ccc(Br)s2)cn1. The van der Waals surface area contributed by atoms with Crippen LogP contribution in [0.3, 0.4) is 0 Å². The number of aromatic nitrogens is 1. The molecule has 2 aromatic heterocycles. The zero-order valence-electron chi connectivity index (χ0n) is 7.61. The van der Waals surface area contributed by atoms with Crippen LogP contribution in [0, 0.1) is 0 Å². The maximum atomic E-state index is 5.57. The third-order valence-electron chi connectivity index (χ3n) is 1.71. The maximum absolute atomic E-state index is 5.57. The van der Waals surface area contributed by atoms with Crippen LogP contribution >= 0.6 is 43.2 Å². The van der Waals surface area contributed by atoms with E-state index in [1.165, 1.54) is 4.88 Å². The molecular formula is C10H7Br2NOS. The molecule has 0 radical (unpaired) electrons. The number of hydrogen-bond acceptors (Lipinski definition) is 3. The molecule has 78 valence electrons. The quantitative estimate of drug-likeness (QED) is 0.773. The summed E-state index contributed by atoms with van der Waals surface area (Å²) < 4.78 is 7.50. The van der Waals surface area contributed by atoms with Crippen molar-refractivity contribution in [3.63, 3.8) is 0 Å². The lowest BCUT2D eigenvalue weighted by Crippen LogP contribution is -1.92. The van der Waals surface area contributed by atoms with Crippen LogP contribution in [0.4, 0.5) is 0 Å². The van der Waals surface area contributed by atoms with Crippen molar-refractivity contribution in [2.75, 3.05) is 0 Å². The molecule has 0 amide bonds. The van der Waals surface area contributed by atoms with Crippen LogP contribution in [-0.4, -0.2) is 4.98 Å². The van der Waals surface area contributed by atoms with E-state index in [9.17, 15) is 0 Å². The molecule has 0 aliphatic rings. The molecule has 0 saturated carbocycles. The Bertz CT molecular complexity index is 441. The molecule has 0 saturated heterocycles. The molecule has 2 nitrogen and oxygen atoms in total. The highest BCUT2D eigenvalue weighted by molar-refractivity contribution is 9.11. The van der Waals surface area contributed by atoms with E-state index >= 15 is 0 Å². The number of thiophene rings is 1. The third-order valence-corrected chi connectivity index (χ3v) is 3.78. The van der Waals surface area contributed by atoms with E-state index in [2.05, 4.69) is 36.8 Å². The van der Waals surface area contributed by atoms with E-state index in [4.69, 9.17) is 4.74 Å². The average Bonchev–Trinajstić information content (AvgIpc) is 2.64. The van der Waals surface area contributed by atoms with Gasteiger partial charge < -0.3 is 4.74 Å². The van der Waals surface area contributed by atoms with Crippen LogP contribution in [0.2, 0.25) is 0 Å². The first kappa shape index (κ1) is 11.1. The fraction of sp³-hybridized carbons (Fsp3) is 0.100. The zero-order valence-corrected chi connectivity index (χ0v) is 11.6. The number of pyridine rings is 1. The smallest absolute Gasteiger partial charge is 0.138 e. The van der Waals surface area contributed by atoms with Crippen molar-refractivity contribution >= 4 is 43.2 Å². The minimum atomic E-state index is 0.583. The summed E-state index contributed by atoms with van der Waals surface area (Å²) in [5.74, 6) is 0.780. The second kappa shape index (κ2) is 5.09. The maximum Gasteiger partial charge on any atom is 0.138 e. The van der Waals surface area contributed by atoms with E-state index < -0.39 is 0 Å². The molecule has 0 aliphatic carbocycles. The number of rotatable bonds is 3. The van der Waals surface area contributed by atoms with Gasteiger partial charge in [0.05, 0.1) is 9.98 Å². The van der Waals surface area contributed by atoms with Gasteiger partial charge in [0.15, 0.2) is 0 Å². The molecule has 0 spiro atoms. The van der Waals surface area contributed by atoms with Crippen molar-refractivity contribution in [1.29, 1.82) is 0 Å². The van der Waals surface area contributed by atoms with Crippen molar-refractivity contribution in [1.82, 2.24) is 4.98 Å². The molecule has 2 aromatic rings. The highest BCUT2D eigenvalue weighted by atomic mass is 79.9. The van der Waals surface area contributed by atoms with Gasteiger partial charge in [-0.05, 0) is 56.1 Å². The second-order valence-electron chi connectivity index (χ2n) is 2.81. The number of nitrogens with zero attached hydrogens (tertiary/aromatic N) is 1. The first-order valence-corrected chi connectivity index (χ1v) is 6.63. The summed E-state index contributed by atoms with van der Waals surface area (Å²) in [7, 11) is 0. The summed E-state index contributed by atoms with van der Waals surface area (Å²) in [4.78, 5) is 5.27. The standard InChI is InChI=1S/C10H7Br2NOS/c11-9-3-1-7(5-13-9)14-6-8-2-4-10(12)15-8/h1-5H,6H2. The predicted molar refractivity (Wildman–Crippen MR) is 68.3 cm³/mol. The van der Waals surface area contributed by atoms with Gasteiger partial charge in [0.25, 0.3) is 0 Å². The lowest BCUT2D eigenvalue weighted by atomic mass is 10.4. The summed E-state index contributed by atoms with van der Waals surface area (Å²) in [5.41, 5.74) is 0. The highest BCUT2D eigenvalue weighted by Crippen LogP contribution is 2.23. The molecule has 5 heteroatoms. The first-order chi connectivity index (χ1) is 7.24. The molecule has 0 bridgehead atoms. The van der Waals surface area contributed by atoms with Crippen molar-refractivity contribution in [3.05, 3.63) is 43.7 Å². The van der Waals surface area contributed by atoms with Crippen molar-refractivity contribution in [2.45, 2.75) is 6.61 Å². The van der Waals surface area contributed by atoms with Crippen molar-refractivity contribution in [3.8, 4) is 5.75 Å². The van der Waals surface area contributed by atoms with Crippen LogP contribution in [0.1, 0.15) is 4.88 Å². The van der Waals surface area contributed by atoms with Gasteiger partial charge in [0.2, 0.25) is 0 Å². The molecule has 2 heterocycles. The van der Waals surface area contributed by atoms with Gasteiger partial charge in [0, 0.05) is 4.88 Å². The lowest BCUT2D eigenvalue weighted by molar-refractivity contribution is 0.308. The van der Waals surface area contributed by atoms with Gasteiger partial charge in [-0.1, -0.05) is 0 Å². The van der Waals surface area contributed by atoms with Crippen LogP contribution in [0.25, 0.3) is 0 Å². The Balaban J connectivity index is 1.96. The molecule has 2 rings (SSSR count).